The second kappa shape index (κ2) is 5.87. The SMILES string of the molecule is CNc1ccc([N+](=O)[O-])c(C(=O)NCc2ccoc2)c1. The van der Waals surface area contributed by atoms with Gasteiger partial charge in [-0.3, -0.25) is 14.9 Å². The molecule has 104 valence electrons. The molecule has 1 heterocycles. The van der Waals surface area contributed by atoms with Gasteiger partial charge in [-0.1, -0.05) is 0 Å². The number of nitro groups is 1. The minimum Gasteiger partial charge on any atom is -0.472 e. The fourth-order valence-electron chi connectivity index (χ4n) is 1.70. The van der Waals surface area contributed by atoms with Crippen molar-refractivity contribution >= 4 is 17.3 Å². The van der Waals surface area contributed by atoms with Gasteiger partial charge < -0.3 is 15.1 Å². The zero-order valence-electron chi connectivity index (χ0n) is 10.8. The first-order chi connectivity index (χ1) is 9.61. The lowest BCUT2D eigenvalue weighted by Crippen LogP contribution is -2.23. The number of rotatable bonds is 5. The Morgan fingerprint density at radius 3 is 2.80 bits per heavy atom. The van der Waals surface area contributed by atoms with Crippen LogP contribution in [0.5, 0.6) is 0 Å². The van der Waals surface area contributed by atoms with Crippen LogP contribution in [0, 0.1) is 10.1 Å². The van der Waals surface area contributed by atoms with Crippen LogP contribution in [0.1, 0.15) is 15.9 Å². The monoisotopic (exact) mass is 275 g/mol. The molecule has 0 aliphatic heterocycles. The van der Waals surface area contributed by atoms with Gasteiger partial charge in [0.2, 0.25) is 0 Å². The Morgan fingerprint density at radius 1 is 1.40 bits per heavy atom. The first-order valence-corrected chi connectivity index (χ1v) is 5.87. The van der Waals surface area contributed by atoms with Gasteiger partial charge in [-0.2, -0.15) is 0 Å². The zero-order chi connectivity index (χ0) is 14.5. The Kier molecular flexibility index (Phi) is 3.99. The normalized spacial score (nSPS) is 10.1. The van der Waals surface area contributed by atoms with Crippen LogP contribution >= 0.6 is 0 Å². The Hall–Kier alpha value is -2.83. The number of nitrogens with zero attached hydrogens (tertiary/aromatic N) is 1. The molecule has 0 saturated heterocycles. The van der Waals surface area contributed by atoms with Crippen molar-refractivity contribution in [2.24, 2.45) is 0 Å². The van der Waals surface area contributed by atoms with Crippen molar-refractivity contribution in [3.8, 4) is 0 Å². The number of carbonyl (C=O) groups excluding carboxylic acids is 1. The van der Waals surface area contributed by atoms with Gasteiger partial charge in [-0.25, -0.2) is 0 Å². The summed E-state index contributed by atoms with van der Waals surface area (Å²) in [5, 5.41) is 16.4. The molecule has 0 spiro atoms. The van der Waals surface area contributed by atoms with E-state index >= 15 is 0 Å². The van der Waals surface area contributed by atoms with E-state index in [1.54, 1.807) is 19.2 Å². The van der Waals surface area contributed by atoms with E-state index in [1.165, 1.54) is 24.7 Å². The second-order valence-electron chi connectivity index (χ2n) is 4.05. The summed E-state index contributed by atoms with van der Waals surface area (Å²) in [5.74, 6) is -0.505. The molecule has 20 heavy (non-hydrogen) atoms. The molecular weight excluding hydrogens is 262 g/mol. The Balaban J connectivity index is 2.20. The molecule has 0 atom stereocenters. The number of nitrogens with one attached hydrogen (secondary N) is 2. The fourth-order valence-corrected chi connectivity index (χ4v) is 1.70. The lowest BCUT2D eigenvalue weighted by molar-refractivity contribution is -0.385. The van der Waals surface area contributed by atoms with E-state index in [1.807, 2.05) is 0 Å². The van der Waals surface area contributed by atoms with Gasteiger partial charge in [-0.05, 0) is 18.2 Å². The van der Waals surface area contributed by atoms with Crippen LogP contribution < -0.4 is 10.6 Å². The second-order valence-corrected chi connectivity index (χ2v) is 4.05. The highest BCUT2D eigenvalue weighted by atomic mass is 16.6. The van der Waals surface area contributed by atoms with E-state index in [0.717, 1.165) is 5.56 Å². The van der Waals surface area contributed by atoms with Gasteiger partial charge >= 0.3 is 0 Å². The van der Waals surface area contributed by atoms with E-state index in [9.17, 15) is 14.9 Å². The fraction of sp³-hybridized carbons (Fsp3) is 0.154. The molecule has 0 saturated carbocycles. The maximum atomic E-state index is 12.1. The molecular formula is C13H13N3O4. The van der Waals surface area contributed by atoms with Gasteiger partial charge in [0.15, 0.2) is 0 Å². The van der Waals surface area contributed by atoms with Crippen molar-refractivity contribution in [2.45, 2.75) is 6.54 Å². The summed E-state index contributed by atoms with van der Waals surface area (Å²) >= 11 is 0. The van der Waals surface area contributed by atoms with E-state index in [2.05, 4.69) is 10.6 Å². The first kappa shape index (κ1) is 13.6. The van der Waals surface area contributed by atoms with Crippen molar-refractivity contribution < 1.29 is 14.1 Å². The van der Waals surface area contributed by atoms with Crippen molar-refractivity contribution in [2.75, 3.05) is 12.4 Å². The molecule has 0 unspecified atom stereocenters. The Bertz CT molecular complexity index is 623. The summed E-state index contributed by atoms with van der Waals surface area (Å²) < 4.78 is 4.88. The summed E-state index contributed by atoms with van der Waals surface area (Å²) in [5.41, 5.74) is 1.20. The Labute approximate surface area is 114 Å². The molecule has 0 fully saturated rings. The molecule has 0 aliphatic carbocycles. The number of furan rings is 1. The number of nitro benzene ring substituents is 1. The molecule has 7 heteroatoms. The highest BCUT2D eigenvalue weighted by Gasteiger charge is 2.20. The largest absolute Gasteiger partial charge is 0.472 e. The van der Waals surface area contributed by atoms with E-state index in [4.69, 9.17) is 4.42 Å². The third-order valence-corrected chi connectivity index (χ3v) is 2.76. The van der Waals surface area contributed by atoms with Crippen LogP contribution in [0.3, 0.4) is 0 Å². The van der Waals surface area contributed by atoms with Crippen LogP contribution in [-0.4, -0.2) is 17.9 Å². The lowest BCUT2D eigenvalue weighted by atomic mass is 10.1. The van der Waals surface area contributed by atoms with Crippen LogP contribution in [0.25, 0.3) is 0 Å². The zero-order valence-corrected chi connectivity index (χ0v) is 10.8. The van der Waals surface area contributed by atoms with Gasteiger partial charge in [0.05, 0.1) is 17.4 Å². The van der Waals surface area contributed by atoms with E-state index < -0.39 is 10.8 Å². The molecule has 1 aromatic carbocycles. The van der Waals surface area contributed by atoms with Crippen molar-refractivity contribution in [1.82, 2.24) is 5.32 Å². The lowest BCUT2D eigenvalue weighted by Gasteiger charge is -2.07. The van der Waals surface area contributed by atoms with E-state index in [0.29, 0.717) is 5.69 Å². The molecule has 2 rings (SSSR count). The quantitative estimate of drug-likeness (QED) is 0.643. The third-order valence-electron chi connectivity index (χ3n) is 2.76. The van der Waals surface area contributed by atoms with Gasteiger partial charge in [0.1, 0.15) is 5.56 Å². The Morgan fingerprint density at radius 2 is 2.20 bits per heavy atom. The molecule has 2 N–H and O–H groups in total. The maximum absolute atomic E-state index is 12.1. The predicted octanol–water partition coefficient (Wildman–Crippen LogP) is 2.16. The third kappa shape index (κ3) is 2.94. The van der Waals surface area contributed by atoms with Crippen molar-refractivity contribution in [3.05, 3.63) is 58.0 Å². The smallest absolute Gasteiger partial charge is 0.282 e. The number of benzene rings is 1. The number of hydrogen-bond acceptors (Lipinski definition) is 5. The summed E-state index contributed by atoms with van der Waals surface area (Å²) in [6.07, 6.45) is 2.99. The molecule has 1 amide bonds. The highest BCUT2D eigenvalue weighted by molar-refractivity contribution is 5.99. The summed E-state index contributed by atoms with van der Waals surface area (Å²) in [6.45, 7) is 0.246. The summed E-state index contributed by atoms with van der Waals surface area (Å²) in [6, 6.07) is 6.01. The topological polar surface area (TPSA) is 97.4 Å². The molecule has 2 aromatic rings. The molecule has 1 aromatic heterocycles. The van der Waals surface area contributed by atoms with Crippen LogP contribution in [-0.2, 0) is 6.54 Å². The molecule has 7 nitrogen and oxygen atoms in total. The average molecular weight is 275 g/mol. The van der Waals surface area contributed by atoms with Crippen LogP contribution in [0.2, 0.25) is 0 Å². The van der Waals surface area contributed by atoms with Crippen molar-refractivity contribution in [1.29, 1.82) is 0 Å². The number of hydrogen-bond donors (Lipinski definition) is 2. The number of anilines is 1. The number of carbonyl (C=O) groups is 1. The van der Waals surface area contributed by atoms with E-state index in [-0.39, 0.29) is 17.8 Å². The minimum absolute atomic E-state index is 0.0188. The minimum atomic E-state index is -0.577. The molecule has 0 radical (unpaired) electrons. The maximum Gasteiger partial charge on any atom is 0.282 e. The van der Waals surface area contributed by atoms with Gasteiger partial charge in [0, 0.05) is 30.9 Å². The average Bonchev–Trinajstić information content (AvgIpc) is 2.97. The predicted molar refractivity (Wildman–Crippen MR) is 72.5 cm³/mol. The van der Waals surface area contributed by atoms with Crippen LogP contribution in [0.4, 0.5) is 11.4 Å². The number of amides is 1. The molecule has 0 bridgehead atoms. The first-order valence-electron chi connectivity index (χ1n) is 5.87. The summed E-state index contributed by atoms with van der Waals surface area (Å²) in [7, 11) is 1.67. The van der Waals surface area contributed by atoms with Crippen LogP contribution in [0.15, 0.2) is 41.2 Å². The van der Waals surface area contributed by atoms with Crippen molar-refractivity contribution in [3.63, 3.8) is 0 Å². The van der Waals surface area contributed by atoms with Gasteiger partial charge in [-0.15, -0.1) is 0 Å². The molecule has 0 aliphatic rings. The summed E-state index contributed by atoms with van der Waals surface area (Å²) in [4.78, 5) is 22.4. The highest BCUT2D eigenvalue weighted by Crippen LogP contribution is 2.22. The standard InChI is InChI=1S/C13H13N3O4/c1-14-10-2-3-12(16(18)19)11(6-10)13(17)15-7-9-4-5-20-8-9/h2-6,8,14H,7H2,1H3,(H,15,17). The van der Waals surface area contributed by atoms with Gasteiger partial charge in [0.25, 0.3) is 11.6 Å².